The van der Waals surface area contributed by atoms with Gasteiger partial charge in [0.1, 0.15) is 5.56 Å². The highest BCUT2D eigenvalue weighted by Gasteiger charge is 2.22. The molecule has 1 fully saturated rings. The van der Waals surface area contributed by atoms with Gasteiger partial charge in [0.25, 0.3) is 0 Å². The lowest BCUT2D eigenvalue weighted by molar-refractivity contribution is 0.0688. The third-order valence-corrected chi connectivity index (χ3v) is 3.02. The highest BCUT2D eigenvalue weighted by Crippen LogP contribution is 2.34. The minimum absolute atomic E-state index is 0.115. The average Bonchev–Trinajstić information content (AvgIpc) is 2.82. The quantitative estimate of drug-likeness (QED) is 0.873. The molecule has 0 radical (unpaired) electrons. The number of hydrogen-bond acceptors (Lipinski definition) is 3. The van der Waals surface area contributed by atoms with Crippen LogP contribution in [0.1, 0.15) is 36.0 Å². The van der Waals surface area contributed by atoms with Crippen molar-refractivity contribution in [2.75, 3.05) is 7.11 Å². The predicted octanol–water partition coefficient (Wildman–Crippen LogP) is 2.71. The van der Waals surface area contributed by atoms with Gasteiger partial charge in [-0.3, -0.25) is 0 Å². The fourth-order valence-corrected chi connectivity index (χ4v) is 2.14. The Morgan fingerprint density at radius 3 is 2.65 bits per heavy atom. The summed E-state index contributed by atoms with van der Waals surface area (Å²) in [6.45, 7) is 0. The van der Waals surface area contributed by atoms with Crippen LogP contribution in [0.3, 0.4) is 0 Å². The number of methoxy groups -OCH3 is 1. The Morgan fingerprint density at radius 1 is 1.35 bits per heavy atom. The maximum Gasteiger partial charge on any atom is 0.339 e. The Morgan fingerprint density at radius 2 is 2.06 bits per heavy atom. The second-order valence-corrected chi connectivity index (χ2v) is 4.17. The first kappa shape index (κ1) is 11.8. The topological polar surface area (TPSA) is 55.8 Å². The minimum Gasteiger partial charge on any atom is -0.493 e. The van der Waals surface area contributed by atoms with Crippen LogP contribution in [0, 0.1) is 0 Å². The summed E-state index contributed by atoms with van der Waals surface area (Å²) in [4.78, 5) is 11.1. The molecule has 1 aliphatic rings. The molecular weight excluding hydrogens is 220 g/mol. The summed E-state index contributed by atoms with van der Waals surface area (Å²) in [5.41, 5.74) is 0.163. The van der Waals surface area contributed by atoms with Crippen molar-refractivity contribution in [3.63, 3.8) is 0 Å². The van der Waals surface area contributed by atoms with Gasteiger partial charge in [0.2, 0.25) is 0 Å². The Kier molecular flexibility index (Phi) is 3.52. The molecule has 4 nitrogen and oxygen atoms in total. The summed E-state index contributed by atoms with van der Waals surface area (Å²) in [7, 11) is 1.52. The Hall–Kier alpha value is -1.71. The lowest BCUT2D eigenvalue weighted by Gasteiger charge is -2.17. The van der Waals surface area contributed by atoms with Gasteiger partial charge in [-0.15, -0.1) is 0 Å². The smallest absolute Gasteiger partial charge is 0.339 e. The van der Waals surface area contributed by atoms with E-state index < -0.39 is 5.97 Å². The van der Waals surface area contributed by atoms with Crippen molar-refractivity contribution >= 4 is 5.97 Å². The summed E-state index contributed by atoms with van der Waals surface area (Å²) >= 11 is 0. The fourth-order valence-electron chi connectivity index (χ4n) is 2.14. The van der Waals surface area contributed by atoms with Gasteiger partial charge in [-0.2, -0.15) is 0 Å². The zero-order chi connectivity index (χ0) is 12.3. The number of rotatable bonds is 4. The van der Waals surface area contributed by atoms with Crippen molar-refractivity contribution in [1.29, 1.82) is 0 Å². The molecule has 0 heterocycles. The minimum atomic E-state index is -0.989. The van der Waals surface area contributed by atoms with Crippen molar-refractivity contribution < 1.29 is 19.4 Å². The zero-order valence-corrected chi connectivity index (χ0v) is 9.81. The maximum absolute atomic E-state index is 11.1. The molecule has 0 spiro atoms. The van der Waals surface area contributed by atoms with E-state index in [1.807, 2.05) is 0 Å². The molecule has 0 amide bonds. The Bertz CT molecular complexity index is 408. The first-order valence-corrected chi connectivity index (χ1v) is 5.79. The molecule has 1 aromatic carbocycles. The van der Waals surface area contributed by atoms with Gasteiger partial charge in [-0.25, -0.2) is 4.79 Å². The van der Waals surface area contributed by atoms with E-state index in [1.54, 1.807) is 12.1 Å². The van der Waals surface area contributed by atoms with Crippen molar-refractivity contribution in [2.45, 2.75) is 31.8 Å². The van der Waals surface area contributed by atoms with Gasteiger partial charge in [-0.05, 0) is 37.8 Å². The standard InChI is InChI=1S/C13H16O4/c1-16-11-8-4-7-10(13(14)15)12(11)17-9-5-2-3-6-9/h4,7-9H,2-3,5-6H2,1H3,(H,14,15). The van der Waals surface area contributed by atoms with Crippen LogP contribution in [-0.4, -0.2) is 24.3 Å². The van der Waals surface area contributed by atoms with E-state index in [0.717, 1.165) is 25.7 Å². The van der Waals surface area contributed by atoms with Crippen molar-refractivity contribution in [3.8, 4) is 11.5 Å². The van der Waals surface area contributed by atoms with Crippen LogP contribution < -0.4 is 9.47 Å². The number of aromatic carboxylic acids is 1. The van der Waals surface area contributed by atoms with E-state index in [2.05, 4.69) is 0 Å². The monoisotopic (exact) mass is 236 g/mol. The fraction of sp³-hybridized carbons (Fsp3) is 0.462. The van der Waals surface area contributed by atoms with Gasteiger partial charge >= 0.3 is 5.97 Å². The summed E-state index contributed by atoms with van der Waals surface area (Å²) in [5.74, 6) is -0.150. The van der Waals surface area contributed by atoms with Crippen molar-refractivity contribution in [1.82, 2.24) is 0 Å². The van der Waals surface area contributed by atoms with Gasteiger partial charge in [0, 0.05) is 0 Å². The third kappa shape index (κ3) is 2.52. The molecule has 2 rings (SSSR count). The Balaban J connectivity index is 2.30. The second-order valence-electron chi connectivity index (χ2n) is 4.17. The SMILES string of the molecule is COc1cccc(C(=O)O)c1OC1CCCC1. The van der Waals surface area contributed by atoms with E-state index in [0.29, 0.717) is 11.5 Å². The molecule has 0 bridgehead atoms. The molecule has 0 unspecified atom stereocenters. The molecule has 1 aromatic rings. The van der Waals surface area contributed by atoms with E-state index in [9.17, 15) is 4.79 Å². The summed E-state index contributed by atoms with van der Waals surface area (Å²) < 4.78 is 10.9. The molecule has 92 valence electrons. The molecule has 17 heavy (non-hydrogen) atoms. The van der Waals surface area contributed by atoms with Crippen LogP contribution in [-0.2, 0) is 0 Å². The highest BCUT2D eigenvalue weighted by atomic mass is 16.5. The molecule has 1 saturated carbocycles. The van der Waals surface area contributed by atoms with Gasteiger partial charge in [0.05, 0.1) is 13.2 Å². The number of benzene rings is 1. The number of hydrogen-bond donors (Lipinski definition) is 1. The van der Waals surface area contributed by atoms with Crippen molar-refractivity contribution in [3.05, 3.63) is 23.8 Å². The van der Waals surface area contributed by atoms with Crippen LogP contribution in [0.5, 0.6) is 11.5 Å². The Labute approximate surface area is 100 Å². The van der Waals surface area contributed by atoms with Crippen LogP contribution in [0.4, 0.5) is 0 Å². The molecular formula is C13H16O4. The number of carboxylic acid groups (broad SMARTS) is 1. The molecule has 1 aliphatic carbocycles. The number of ether oxygens (including phenoxy) is 2. The van der Waals surface area contributed by atoms with Crippen LogP contribution in [0.2, 0.25) is 0 Å². The van der Waals surface area contributed by atoms with E-state index in [-0.39, 0.29) is 11.7 Å². The average molecular weight is 236 g/mol. The molecule has 0 aliphatic heterocycles. The van der Waals surface area contributed by atoms with Gasteiger partial charge < -0.3 is 14.6 Å². The molecule has 0 atom stereocenters. The van der Waals surface area contributed by atoms with Crippen molar-refractivity contribution in [2.24, 2.45) is 0 Å². The maximum atomic E-state index is 11.1. The number of para-hydroxylation sites is 1. The third-order valence-electron chi connectivity index (χ3n) is 3.02. The first-order valence-electron chi connectivity index (χ1n) is 5.79. The van der Waals surface area contributed by atoms with E-state index >= 15 is 0 Å². The summed E-state index contributed by atoms with van der Waals surface area (Å²) in [5, 5.41) is 9.12. The summed E-state index contributed by atoms with van der Waals surface area (Å²) in [6, 6.07) is 4.91. The summed E-state index contributed by atoms with van der Waals surface area (Å²) in [6.07, 6.45) is 4.36. The first-order chi connectivity index (χ1) is 8.22. The predicted molar refractivity (Wildman–Crippen MR) is 62.8 cm³/mol. The van der Waals surface area contributed by atoms with Crippen LogP contribution in [0.15, 0.2) is 18.2 Å². The number of carboxylic acids is 1. The lowest BCUT2D eigenvalue weighted by Crippen LogP contribution is -2.14. The number of carbonyl (C=O) groups is 1. The van der Waals surface area contributed by atoms with Crippen LogP contribution in [0.25, 0.3) is 0 Å². The zero-order valence-electron chi connectivity index (χ0n) is 9.81. The highest BCUT2D eigenvalue weighted by molar-refractivity contribution is 5.92. The normalized spacial score (nSPS) is 15.8. The molecule has 1 N–H and O–H groups in total. The molecule has 0 aromatic heterocycles. The van der Waals surface area contributed by atoms with Gasteiger partial charge in [0.15, 0.2) is 11.5 Å². The molecule has 4 heteroatoms. The van der Waals surface area contributed by atoms with E-state index in [4.69, 9.17) is 14.6 Å². The van der Waals surface area contributed by atoms with E-state index in [1.165, 1.54) is 13.2 Å². The molecule has 0 saturated heterocycles. The largest absolute Gasteiger partial charge is 0.493 e. The van der Waals surface area contributed by atoms with Gasteiger partial charge in [-0.1, -0.05) is 6.07 Å². The second kappa shape index (κ2) is 5.08. The van der Waals surface area contributed by atoms with Crippen LogP contribution >= 0.6 is 0 Å². The lowest BCUT2D eigenvalue weighted by atomic mass is 10.2.